The first-order valence-electron chi connectivity index (χ1n) is 8.01. The second-order valence-electron chi connectivity index (χ2n) is 6.31. The highest BCUT2D eigenvalue weighted by atomic mass is 19.1. The molecule has 23 heavy (non-hydrogen) atoms. The van der Waals surface area contributed by atoms with Crippen LogP contribution in [0.2, 0.25) is 0 Å². The molecule has 0 spiro atoms. The van der Waals surface area contributed by atoms with E-state index in [0.29, 0.717) is 25.9 Å². The Morgan fingerprint density at radius 2 is 1.87 bits per heavy atom. The fraction of sp³-hybridized carbons (Fsp3) is 0.444. The van der Waals surface area contributed by atoms with Gasteiger partial charge in [-0.2, -0.15) is 0 Å². The van der Waals surface area contributed by atoms with Crippen LogP contribution < -0.4 is 0 Å². The third-order valence-corrected chi connectivity index (χ3v) is 4.85. The standard InChI is InChI=1S/C18H20FNO3/c19-14-3-1-2-13(11-14)10-12-6-8-20(9-7-12)17(21)15-4-5-16(15)18(22)23/h1-3,10-11,15-16H,4-9H2,(H,22,23). The summed E-state index contributed by atoms with van der Waals surface area (Å²) in [5, 5.41) is 9.07. The van der Waals surface area contributed by atoms with Crippen molar-refractivity contribution in [2.45, 2.75) is 25.7 Å². The zero-order valence-corrected chi connectivity index (χ0v) is 12.9. The van der Waals surface area contributed by atoms with Crippen molar-refractivity contribution < 1.29 is 19.1 Å². The van der Waals surface area contributed by atoms with Crippen LogP contribution in [-0.4, -0.2) is 35.0 Å². The monoisotopic (exact) mass is 317 g/mol. The van der Waals surface area contributed by atoms with Crippen molar-refractivity contribution in [3.05, 3.63) is 41.2 Å². The molecule has 1 heterocycles. The number of nitrogens with zero attached hydrogens (tertiary/aromatic N) is 1. The van der Waals surface area contributed by atoms with Crippen LogP contribution in [0.25, 0.3) is 6.08 Å². The molecule has 2 aliphatic rings. The van der Waals surface area contributed by atoms with Crippen molar-refractivity contribution in [1.29, 1.82) is 0 Å². The van der Waals surface area contributed by atoms with E-state index in [2.05, 4.69) is 0 Å². The van der Waals surface area contributed by atoms with Gasteiger partial charge < -0.3 is 10.0 Å². The number of halogens is 1. The Kier molecular flexibility index (Phi) is 4.46. The Balaban J connectivity index is 1.58. The summed E-state index contributed by atoms with van der Waals surface area (Å²) in [4.78, 5) is 25.2. The smallest absolute Gasteiger partial charge is 0.307 e. The van der Waals surface area contributed by atoms with E-state index in [-0.39, 0.29) is 17.6 Å². The van der Waals surface area contributed by atoms with Crippen LogP contribution in [0.15, 0.2) is 29.8 Å². The van der Waals surface area contributed by atoms with Crippen molar-refractivity contribution in [3.8, 4) is 0 Å². The maximum Gasteiger partial charge on any atom is 0.307 e. The number of hydrogen-bond acceptors (Lipinski definition) is 2. The van der Waals surface area contributed by atoms with Crippen molar-refractivity contribution >= 4 is 18.0 Å². The van der Waals surface area contributed by atoms with E-state index in [1.165, 1.54) is 17.7 Å². The van der Waals surface area contributed by atoms with E-state index < -0.39 is 11.9 Å². The fourth-order valence-electron chi connectivity index (χ4n) is 3.32. The summed E-state index contributed by atoms with van der Waals surface area (Å²) >= 11 is 0. The van der Waals surface area contributed by atoms with Crippen LogP contribution in [0, 0.1) is 17.7 Å². The number of aliphatic carboxylic acids is 1. The Hall–Kier alpha value is -2.17. The Labute approximate surface area is 134 Å². The molecular formula is C18H20FNO3. The number of amides is 1. The summed E-state index contributed by atoms with van der Waals surface area (Å²) in [5.74, 6) is -1.99. The molecule has 1 aliphatic heterocycles. The van der Waals surface area contributed by atoms with Gasteiger partial charge in [-0.05, 0) is 43.4 Å². The minimum absolute atomic E-state index is 0.0199. The lowest BCUT2D eigenvalue weighted by atomic mass is 9.72. The van der Waals surface area contributed by atoms with Crippen molar-refractivity contribution in [1.82, 2.24) is 4.90 Å². The minimum Gasteiger partial charge on any atom is -0.481 e. The predicted octanol–water partition coefficient (Wildman–Crippen LogP) is 2.94. The molecule has 2 fully saturated rings. The molecule has 0 bridgehead atoms. The summed E-state index contributed by atoms with van der Waals surface area (Å²) in [6.45, 7) is 1.23. The van der Waals surface area contributed by atoms with Gasteiger partial charge in [0, 0.05) is 13.1 Å². The lowest BCUT2D eigenvalue weighted by Crippen LogP contribution is -2.47. The highest BCUT2D eigenvalue weighted by molar-refractivity contribution is 5.86. The van der Waals surface area contributed by atoms with Crippen molar-refractivity contribution in [3.63, 3.8) is 0 Å². The van der Waals surface area contributed by atoms with Gasteiger partial charge in [0.2, 0.25) is 5.91 Å². The molecule has 1 aromatic carbocycles. The van der Waals surface area contributed by atoms with Gasteiger partial charge in [-0.15, -0.1) is 0 Å². The average Bonchev–Trinajstić information content (AvgIpc) is 2.46. The molecule has 5 heteroatoms. The van der Waals surface area contributed by atoms with Crippen LogP contribution in [0.5, 0.6) is 0 Å². The molecule has 2 unspecified atom stereocenters. The number of carboxylic acid groups (broad SMARTS) is 1. The van der Waals surface area contributed by atoms with Gasteiger partial charge in [0.15, 0.2) is 0 Å². The van der Waals surface area contributed by atoms with Crippen LogP contribution >= 0.6 is 0 Å². The number of carbonyl (C=O) groups is 2. The third-order valence-electron chi connectivity index (χ3n) is 4.85. The molecule has 4 nitrogen and oxygen atoms in total. The van der Waals surface area contributed by atoms with E-state index in [1.54, 1.807) is 11.0 Å². The summed E-state index contributed by atoms with van der Waals surface area (Å²) in [6.07, 6.45) is 4.77. The van der Waals surface area contributed by atoms with E-state index in [4.69, 9.17) is 5.11 Å². The Morgan fingerprint density at radius 1 is 1.17 bits per heavy atom. The summed E-state index contributed by atoms with van der Waals surface area (Å²) in [6, 6.07) is 6.46. The summed E-state index contributed by atoms with van der Waals surface area (Å²) in [5.41, 5.74) is 2.03. The van der Waals surface area contributed by atoms with E-state index in [9.17, 15) is 14.0 Å². The zero-order valence-electron chi connectivity index (χ0n) is 12.9. The lowest BCUT2D eigenvalue weighted by Gasteiger charge is -2.38. The maximum absolute atomic E-state index is 13.2. The maximum atomic E-state index is 13.2. The van der Waals surface area contributed by atoms with Crippen molar-refractivity contribution in [2.24, 2.45) is 11.8 Å². The highest BCUT2D eigenvalue weighted by Crippen LogP contribution is 2.36. The second kappa shape index (κ2) is 6.52. The number of rotatable bonds is 3. The second-order valence-corrected chi connectivity index (χ2v) is 6.31. The van der Waals surface area contributed by atoms with Gasteiger partial charge in [-0.3, -0.25) is 9.59 Å². The van der Waals surface area contributed by atoms with Gasteiger partial charge in [-0.25, -0.2) is 4.39 Å². The number of likely N-dealkylation sites (tertiary alicyclic amines) is 1. The normalized spacial score (nSPS) is 24.0. The predicted molar refractivity (Wildman–Crippen MR) is 84.0 cm³/mol. The summed E-state index contributed by atoms with van der Waals surface area (Å²) < 4.78 is 13.2. The van der Waals surface area contributed by atoms with Crippen LogP contribution in [0.4, 0.5) is 4.39 Å². The quantitative estimate of drug-likeness (QED) is 0.932. The third kappa shape index (κ3) is 3.44. The minimum atomic E-state index is -0.863. The Morgan fingerprint density at radius 3 is 2.43 bits per heavy atom. The van der Waals surface area contributed by atoms with Gasteiger partial charge >= 0.3 is 5.97 Å². The molecule has 3 rings (SSSR count). The molecule has 1 N–H and O–H groups in total. The van der Waals surface area contributed by atoms with E-state index in [1.807, 2.05) is 12.1 Å². The number of carboxylic acids is 1. The van der Waals surface area contributed by atoms with Crippen molar-refractivity contribution in [2.75, 3.05) is 13.1 Å². The first-order chi connectivity index (χ1) is 11.0. The molecule has 1 aromatic rings. The number of carbonyl (C=O) groups excluding carboxylic acids is 1. The number of hydrogen-bond donors (Lipinski definition) is 1. The molecule has 1 amide bonds. The molecule has 2 atom stereocenters. The largest absolute Gasteiger partial charge is 0.481 e. The molecular weight excluding hydrogens is 297 g/mol. The molecule has 0 radical (unpaired) electrons. The highest BCUT2D eigenvalue weighted by Gasteiger charge is 2.43. The van der Waals surface area contributed by atoms with Gasteiger partial charge in [0.05, 0.1) is 11.8 Å². The van der Waals surface area contributed by atoms with Crippen LogP contribution in [0.3, 0.4) is 0 Å². The molecule has 0 aromatic heterocycles. The Bertz CT molecular complexity index is 645. The molecule has 1 saturated carbocycles. The average molecular weight is 317 g/mol. The van der Waals surface area contributed by atoms with E-state index >= 15 is 0 Å². The van der Waals surface area contributed by atoms with Gasteiger partial charge in [-0.1, -0.05) is 23.8 Å². The first kappa shape index (κ1) is 15.7. The number of benzene rings is 1. The van der Waals surface area contributed by atoms with Gasteiger partial charge in [0.1, 0.15) is 5.82 Å². The summed E-state index contributed by atoms with van der Waals surface area (Å²) in [7, 11) is 0. The zero-order chi connectivity index (χ0) is 16.4. The fourth-order valence-corrected chi connectivity index (χ4v) is 3.32. The van der Waals surface area contributed by atoms with Crippen LogP contribution in [-0.2, 0) is 9.59 Å². The topological polar surface area (TPSA) is 57.6 Å². The van der Waals surface area contributed by atoms with Gasteiger partial charge in [0.25, 0.3) is 0 Å². The molecule has 1 aliphatic carbocycles. The molecule has 122 valence electrons. The first-order valence-corrected chi connectivity index (χ1v) is 8.01. The molecule has 1 saturated heterocycles. The van der Waals surface area contributed by atoms with Crippen LogP contribution in [0.1, 0.15) is 31.2 Å². The lowest BCUT2D eigenvalue weighted by molar-refractivity contribution is -0.156. The number of piperidine rings is 1. The SMILES string of the molecule is O=C(O)C1CCC1C(=O)N1CCC(=Cc2cccc(F)c2)CC1. The van der Waals surface area contributed by atoms with E-state index in [0.717, 1.165) is 18.4 Å².